The van der Waals surface area contributed by atoms with Crippen LogP contribution in [0.5, 0.6) is 5.75 Å². The number of halogens is 1. The number of benzene rings is 1. The lowest BCUT2D eigenvalue weighted by molar-refractivity contribution is 0.0316. The molecule has 0 saturated carbocycles. The number of ether oxygens (including phenoxy) is 3. The molecule has 8 heteroatoms. The predicted molar refractivity (Wildman–Crippen MR) is 93.8 cm³/mol. The fraction of sp³-hybridized carbons (Fsp3) is 0.316. The predicted octanol–water partition coefficient (Wildman–Crippen LogP) is 2.99. The van der Waals surface area contributed by atoms with E-state index < -0.39 is 29.6 Å². The Labute approximate surface area is 155 Å². The van der Waals surface area contributed by atoms with Crippen molar-refractivity contribution in [1.82, 2.24) is 4.98 Å². The molecule has 27 heavy (non-hydrogen) atoms. The van der Waals surface area contributed by atoms with Crippen molar-refractivity contribution in [2.24, 2.45) is 0 Å². The zero-order valence-corrected chi connectivity index (χ0v) is 15.6. The molecule has 1 aromatic heterocycles. The van der Waals surface area contributed by atoms with Gasteiger partial charge in [-0.1, -0.05) is 0 Å². The van der Waals surface area contributed by atoms with Gasteiger partial charge in [-0.15, -0.1) is 0 Å². The number of carbonyl (C=O) groups is 3. The summed E-state index contributed by atoms with van der Waals surface area (Å²) in [6.45, 7) is 4.62. The van der Waals surface area contributed by atoms with Gasteiger partial charge in [-0.25, -0.2) is 14.0 Å². The lowest BCUT2D eigenvalue weighted by Gasteiger charge is -2.13. The van der Waals surface area contributed by atoms with Crippen LogP contribution in [0.4, 0.5) is 4.39 Å². The van der Waals surface area contributed by atoms with Gasteiger partial charge in [0.05, 0.1) is 31.0 Å². The van der Waals surface area contributed by atoms with Gasteiger partial charge >= 0.3 is 11.9 Å². The standard InChI is InChI=1S/C19H20FNO6/c1-9-15(19(24)26-5)10(2)21-16(9)17(22)11(3)27-18(23)12-6-7-14(25-4)13(20)8-12/h6-8,11,21H,1-5H3. The van der Waals surface area contributed by atoms with Crippen LogP contribution in [0.2, 0.25) is 0 Å². The smallest absolute Gasteiger partial charge is 0.339 e. The first-order valence-corrected chi connectivity index (χ1v) is 8.07. The molecular formula is C19H20FNO6. The average molecular weight is 377 g/mol. The molecule has 0 fully saturated rings. The van der Waals surface area contributed by atoms with Crippen LogP contribution in [-0.2, 0) is 9.47 Å². The molecule has 1 heterocycles. The maximum absolute atomic E-state index is 13.7. The molecule has 1 N–H and O–H groups in total. The zero-order valence-electron chi connectivity index (χ0n) is 15.6. The molecule has 1 unspecified atom stereocenters. The first-order valence-electron chi connectivity index (χ1n) is 8.07. The van der Waals surface area contributed by atoms with Crippen LogP contribution < -0.4 is 4.74 Å². The molecule has 0 aliphatic carbocycles. The third kappa shape index (κ3) is 3.99. The van der Waals surface area contributed by atoms with Crippen LogP contribution in [-0.4, -0.2) is 43.0 Å². The summed E-state index contributed by atoms with van der Waals surface area (Å²) in [5.41, 5.74) is 1.23. The van der Waals surface area contributed by atoms with Crippen molar-refractivity contribution in [3.8, 4) is 5.75 Å². The summed E-state index contributed by atoms with van der Waals surface area (Å²) < 4.78 is 28.4. The molecule has 7 nitrogen and oxygen atoms in total. The van der Waals surface area contributed by atoms with Crippen molar-refractivity contribution in [1.29, 1.82) is 0 Å². The number of Topliss-reactive ketones (excluding diaryl/α,β-unsaturated/α-hetero) is 1. The van der Waals surface area contributed by atoms with Crippen molar-refractivity contribution in [3.05, 3.63) is 52.1 Å². The Morgan fingerprint density at radius 1 is 1.11 bits per heavy atom. The number of aromatic nitrogens is 1. The fourth-order valence-electron chi connectivity index (χ4n) is 2.68. The third-order valence-electron chi connectivity index (χ3n) is 4.11. The second-order valence-electron chi connectivity index (χ2n) is 5.88. The second-order valence-corrected chi connectivity index (χ2v) is 5.88. The number of aryl methyl sites for hydroxylation is 1. The number of aromatic amines is 1. The molecule has 1 aromatic carbocycles. The van der Waals surface area contributed by atoms with E-state index in [2.05, 4.69) is 4.98 Å². The molecule has 0 spiro atoms. The lowest BCUT2D eigenvalue weighted by Crippen LogP contribution is -2.25. The van der Waals surface area contributed by atoms with Gasteiger partial charge in [0.25, 0.3) is 0 Å². The van der Waals surface area contributed by atoms with Gasteiger partial charge in [0.2, 0.25) is 5.78 Å². The Hall–Kier alpha value is -3.16. The Balaban J connectivity index is 2.20. The van der Waals surface area contributed by atoms with Crippen LogP contribution in [0.25, 0.3) is 0 Å². The molecule has 2 aromatic rings. The van der Waals surface area contributed by atoms with Crippen molar-refractivity contribution in [2.45, 2.75) is 26.9 Å². The first kappa shape index (κ1) is 20.2. The number of ketones is 1. The van der Waals surface area contributed by atoms with E-state index in [4.69, 9.17) is 14.2 Å². The number of esters is 2. The van der Waals surface area contributed by atoms with Crippen molar-refractivity contribution in [3.63, 3.8) is 0 Å². The van der Waals surface area contributed by atoms with Crippen LogP contribution in [0.15, 0.2) is 18.2 Å². The molecule has 2 rings (SSSR count). The summed E-state index contributed by atoms with van der Waals surface area (Å²) in [5.74, 6) is -2.67. The van der Waals surface area contributed by atoms with Gasteiger partial charge in [-0.3, -0.25) is 4.79 Å². The van der Waals surface area contributed by atoms with Gasteiger partial charge in [-0.2, -0.15) is 0 Å². The van der Waals surface area contributed by atoms with E-state index in [1.807, 2.05) is 0 Å². The Kier molecular flexibility index (Phi) is 5.99. The molecule has 0 aliphatic rings. The summed E-state index contributed by atoms with van der Waals surface area (Å²) in [4.78, 5) is 39.5. The zero-order chi connectivity index (χ0) is 20.3. The molecule has 144 valence electrons. The SMILES string of the molecule is COC(=O)c1c(C)[nH]c(C(=O)C(C)OC(=O)c2ccc(OC)c(F)c2)c1C. The van der Waals surface area contributed by atoms with Crippen LogP contribution in [0.1, 0.15) is 49.4 Å². The monoisotopic (exact) mass is 377 g/mol. The summed E-state index contributed by atoms with van der Waals surface area (Å²) in [5, 5.41) is 0. The highest BCUT2D eigenvalue weighted by molar-refractivity contribution is 6.04. The Bertz CT molecular complexity index is 902. The molecule has 0 radical (unpaired) electrons. The fourth-order valence-corrected chi connectivity index (χ4v) is 2.68. The van der Waals surface area contributed by atoms with E-state index in [1.165, 1.54) is 33.3 Å². The van der Waals surface area contributed by atoms with Crippen LogP contribution in [0, 0.1) is 19.7 Å². The summed E-state index contributed by atoms with van der Waals surface area (Å²) >= 11 is 0. The third-order valence-corrected chi connectivity index (χ3v) is 4.11. The maximum Gasteiger partial charge on any atom is 0.339 e. The summed E-state index contributed by atoms with van der Waals surface area (Å²) in [7, 11) is 2.55. The van der Waals surface area contributed by atoms with E-state index in [1.54, 1.807) is 13.8 Å². The topological polar surface area (TPSA) is 94.7 Å². The van der Waals surface area contributed by atoms with Crippen LogP contribution in [0.3, 0.4) is 0 Å². The highest BCUT2D eigenvalue weighted by atomic mass is 19.1. The van der Waals surface area contributed by atoms with Crippen molar-refractivity contribution in [2.75, 3.05) is 14.2 Å². The van der Waals surface area contributed by atoms with E-state index in [0.29, 0.717) is 11.3 Å². The number of hydrogen-bond donors (Lipinski definition) is 1. The highest BCUT2D eigenvalue weighted by Gasteiger charge is 2.27. The summed E-state index contributed by atoms with van der Waals surface area (Å²) in [6, 6.07) is 3.60. The van der Waals surface area contributed by atoms with Crippen LogP contribution >= 0.6 is 0 Å². The number of rotatable bonds is 6. The number of methoxy groups -OCH3 is 2. The highest BCUT2D eigenvalue weighted by Crippen LogP contribution is 2.22. The van der Waals surface area contributed by atoms with Crippen molar-refractivity contribution < 1.29 is 33.0 Å². The molecule has 0 bridgehead atoms. The second kappa shape index (κ2) is 8.03. The minimum absolute atomic E-state index is 0.0106. The van der Waals surface area contributed by atoms with E-state index >= 15 is 0 Å². The van der Waals surface area contributed by atoms with E-state index in [-0.39, 0.29) is 22.6 Å². The molecule has 1 atom stereocenters. The number of hydrogen-bond acceptors (Lipinski definition) is 6. The van der Waals surface area contributed by atoms with Gasteiger partial charge in [-0.05, 0) is 44.5 Å². The molecule has 0 amide bonds. The van der Waals surface area contributed by atoms with E-state index in [0.717, 1.165) is 6.07 Å². The van der Waals surface area contributed by atoms with E-state index in [9.17, 15) is 18.8 Å². The number of carbonyl (C=O) groups excluding carboxylic acids is 3. The normalized spacial score (nSPS) is 11.6. The number of H-pyrrole nitrogens is 1. The van der Waals surface area contributed by atoms with Crippen molar-refractivity contribution >= 4 is 17.7 Å². The average Bonchev–Trinajstić information content (AvgIpc) is 2.94. The Morgan fingerprint density at radius 3 is 2.33 bits per heavy atom. The lowest BCUT2D eigenvalue weighted by atomic mass is 10.1. The number of nitrogens with one attached hydrogen (secondary N) is 1. The minimum atomic E-state index is -1.15. The Morgan fingerprint density at radius 2 is 1.78 bits per heavy atom. The molecule has 0 aliphatic heterocycles. The van der Waals surface area contributed by atoms with Gasteiger partial charge in [0, 0.05) is 5.69 Å². The van der Waals surface area contributed by atoms with Gasteiger partial charge in [0.1, 0.15) is 0 Å². The first-order chi connectivity index (χ1) is 12.7. The minimum Gasteiger partial charge on any atom is -0.494 e. The van der Waals surface area contributed by atoms with Gasteiger partial charge < -0.3 is 19.2 Å². The van der Waals surface area contributed by atoms with Gasteiger partial charge in [0.15, 0.2) is 17.7 Å². The molecule has 0 saturated heterocycles. The maximum atomic E-state index is 13.7. The molecular weight excluding hydrogens is 357 g/mol. The quantitative estimate of drug-likeness (QED) is 0.614. The summed E-state index contributed by atoms with van der Waals surface area (Å²) in [6.07, 6.45) is -1.15. The largest absolute Gasteiger partial charge is 0.494 e.